The van der Waals surface area contributed by atoms with Crippen LogP contribution in [0.15, 0.2) is 0 Å². The van der Waals surface area contributed by atoms with Gasteiger partial charge < -0.3 is 44.1 Å². The quantitative estimate of drug-likeness (QED) is 0.317. The van der Waals surface area contributed by atoms with Gasteiger partial charge in [0.15, 0.2) is 12.6 Å². The van der Waals surface area contributed by atoms with Crippen LogP contribution in [-0.2, 0) is 28.5 Å². The zero-order chi connectivity index (χ0) is 37.1. The van der Waals surface area contributed by atoms with Crippen LogP contribution in [0.3, 0.4) is 0 Å². The Labute approximate surface area is 303 Å². The summed E-state index contributed by atoms with van der Waals surface area (Å²) in [5.74, 6) is -1.72. The lowest BCUT2D eigenvalue weighted by Gasteiger charge is -2.54. The van der Waals surface area contributed by atoms with E-state index in [1.165, 1.54) is 0 Å². The number of carbonyl (C=O) groups excluding carboxylic acids is 1. The van der Waals surface area contributed by atoms with E-state index in [4.69, 9.17) is 23.7 Å². The summed E-state index contributed by atoms with van der Waals surface area (Å²) in [5.41, 5.74) is -2.60. The van der Waals surface area contributed by atoms with Gasteiger partial charge in [-0.05, 0) is 105 Å². The summed E-state index contributed by atoms with van der Waals surface area (Å²) in [5, 5.41) is 28.1. The van der Waals surface area contributed by atoms with Crippen molar-refractivity contribution in [3.05, 3.63) is 0 Å². The van der Waals surface area contributed by atoms with E-state index in [2.05, 4.69) is 58.9 Å². The largest absolute Gasteiger partial charge is 0.459 e. The number of cyclic esters (lactones) is 1. The summed E-state index contributed by atoms with van der Waals surface area (Å²) >= 11 is 0. The van der Waals surface area contributed by atoms with Crippen LogP contribution < -0.4 is 5.32 Å². The molecule has 1 aliphatic carbocycles. The first-order chi connectivity index (χ1) is 23.2. The number of hydrogen-bond acceptors (Lipinski definition) is 10. The minimum atomic E-state index is -1.29. The molecular weight excluding hydrogens is 636 g/mol. The highest BCUT2D eigenvalue weighted by Gasteiger charge is 2.65. The van der Waals surface area contributed by atoms with E-state index in [1.807, 2.05) is 34.6 Å². The molecule has 5 rings (SSSR count). The third-order valence-electron chi connectivity index (χ3n) is 14.5. The van der Waals surface area contributed by atoms with Gasteiger partial charge in [-0.2, -0.15) is 0 Å². The lowest BCUT2D eigenvalue weighted by Crippen LogP contribution is -2.60. The standard InChI is InChI=1S/C40H72N2O8/c1-14-31-39(11,45)26(6)27(7)41-21-22(2)18-38(10,44)34-24(4)33(25(5)35(43)48-31)49-32-20-37(9,40(15-16-40)28(8)46-32)19-29-17-30(42(12)13)23(3)36(47-29)50-34/h22-34,36,41,44-45H,14-21H2,1-13H3/t22-,23-,24+,25-,26-,27-,28+,29+,30+,31-,32+,33+,34-,36+,37+,38-,39+/m1/s1. The van der Waals surface area contributed by atoms with Crippen molar-refractivity contribution in [1.29, 1.82) is 0 Å². The van der Waals surface area contributed by atoms with Gasteiger partial charge in [0, 0.05) is 41.7 Å². The molecule has 4 aliphatic heterocycles. The minimum absolute atomic E-state index is 0.0106. The maximum absolute atomic E-state index is 14.3. The lowest BCUT2D eigenvalue weighted by molar-refractivity contribution is -0.322. The van der Waals surface area contributed by atoms with Crippen molar-refractivity contribution >= 4 is 5.97 Å². The molecule has 3 N–H and O–H groups in total. The van der Waals surface area contributed by atoms with Gasteiger partial charge in [-0.15, -0.1) is 0 Å². The number of esters is 1. The third kappa shape index (κ3) is 7.57. The van der Waals surface area contributed by atoms with Gasteiger partial charge in [-0.25, -0.2) is 0 Å². The van der Waals surface area contributed by atoms with E-state index in [0.29, 0.717) is 25.8 Å². The fourth-order valence-electron chi connectivity index (χ4n) is 10.8. The molecule has 0 unspecified atom stereocenters. The van der Waals surface area contributed by atoms with Gasteiger partial charge in [-0.3, -0.25) is 4.79 Å². The van der Waals surface area contributed by atoms with Crippen LogP contribution in [-0.4, -0.2) is 108 Å². The van der Waals surface area contributed by atoms with Crippen molar-refractivity contribution in [1.82, 2.24) is 10.2 Å². The van der Waals surface area contributed by atoms with Crippen molar-refractivity contribution < 1.29 is 38.7 Å². The first-order valence-corrected chi connectivity index (χ1v) is 19.8. The highest BCUT2D eigenvalue weighted by molar-refractivity contribution is 5.73. The van der Waals surface area contributed by atoms with E-state index in [1.54, 1.807) is 6.92 Å². The molecule has 4 saturated heterocycles. The highest BCUT2D eigenvalue weighted by atomic mass is 16.7. The first kappa shape index (κ1) is 40.3. The molecule has 0 amide bonds. The second-order valence-corrected chi connectivity index (χ2v) is 18.6. The first-order valence-electron chi connectivity index (χ1n) is 19.8. The molecule has 0 aromatic heterocycles. The molecule has 0 radical (unpaired) electrons. The predicted molar refractivity (Wildman–Crippen MR) is 193 cm³/mol. The summed E-state index contributed by atoms with van der Waals surface area (Å²) in [6, 6.07) is 0.171. The summed E-state index contributed by atoms with van der Waals surface area (Å²) in [7, 11) is 4.27. The molecule has 10 nitrogen and oxygen atoms in total. The molecule has 50 heavy (non-hydrogen) atoms. The molecule has 6 bridgehead atoms. The van der Waals surface area contributed by atoms with Gasteiger partial charge in [0.2, 0.25) is 0 Å². The fraction of sp³-hybridized carbons (Fsp3) is 0.975. The Morgan fingerprint density at radius 3 is 2.14 bits per heavy atom. The van der Waals surface area contributed by atoms with Crippen LogP contribution in [0.25, 0.3) is 0 Å². The highest BCUT2D eigenvalue weighted by Crippen LogP contribution is 2.68. The summed E-state index contributed by atoms with van der Waals surface area (Å²) in [4.78, 5) is 16.6. The van der Waals surface area contributed by atoms with Crippen LogP contribution in [0.4, 0.5) is 0 Å². The SMILES string of the molecule is CC[C@H]1OC(=O)[C@H](C)[C@H]2O[C@H]3C[C@](C)(C[C@@H]4C[C@H](N(C)C)[C@@H](C)[C@@H](O4)O[C@H]([C@H]2C)[C@](C)(O)C[C@@H](C)CN[C@H](C)[C@@H](C)[C@]1(C)O)C1(CC1)[C@H](C)O3. The summed E-state index contributed by atoms with van der Waals surface area (Å²) < 4.78 is 34.2. The van der Waals surface area contributed by atoms with Gasteiger partial charge >= 0.3 is 5.97 Å². The van der Waals surface area contributed by atoms with Gasteiger partial charge in [-0.1, -0.05) is 41.5 Å². The van der Waals surface area contributed by atoms with Crippen molar-refractivity contribution in [3.63, 3.8) is 0 Å². The summed E-state index contributed by atoms with van der Waals surface area (Å²) in [6.07, 6.45) is 2.35. The Morgan fingerprint density at radius 2 is 1.54 bits per heavy atom. The number of hydrogen-bond donors (Lipinski definition) is 3. The van der Waals surface area contributed by atoms with E-state index >= 15 is 0 Å². The van der Waals surface area contributed by atoms with Crippen molar-refractivity contribution in [3.8, 4) is 0 Å². The average molecular weight is 709 g/mol. The Kier molecular flexibility index (Phi) is 11.9. The van der Waals surface area contributed by atoms with Gasteiger partial charge in [0.25, 0.3) is 0 Å². The molecule has 0 aromatic carbocycles. The molecule has 5 aliphatic rings. The number of carbonyl (C=O) groups is 1. The monoisotopic (exact) mass is 709 g/mol. The number of rotatable bonds is 2. The Morgan fingerprint density at radius 1 is 0.880 bits per heavy atom. The number of aliphatic hydroxyl groups is 2. The van der Waals surface area contributed by atoms with Crippen molar-refractivity contribution in [2.24, 2.45) is 40.4 Å². The molecule has 10 heteroatoms. The van der Waals surface area contributed by atoms with Crippen LogP contribution >= 0.6 is 0 Å². The molecular formula is C40H72N2O8. The second kappa shape index (κ2) is 14.8. The molecule has 17 atom stereocenters. The molecule has 290 valence electrons. The van der Waals surface area contributed by atoms with Gasteiger partial charge in [0.05, 0.1) is 35.9 Å². The Bertz CT molecular complexity index is 1180. The summed E-state index contributed by atoms with van der Waals surface area (Å²) in [6.45, 7) is 23.1. The van der Waals surface area contributed by atoms with E-state index in [9.17, 15) is 15.0 Å². The second-order valence-electron chi connectivity index (χ2n) is 18.6. The minimum Gasteiger partial charge on any atom is -0.459 e. The number of nitrogens with one attached hydrogen (secondary N) is 1. The maximum atomic E-state index is 14.3. The van der Waals surface area contributed by atoms with Crippen LogP contribution in [0.1, 0.15) is 121 Å². The lowest BCUT2D eigenvalue weighted by atomic mass is 9.63. The Hall–Kier alpha value is -0.850. The van der Waals surface area contributed by atoms with Crippen LogP contribution in [0.2, 0.25) is 0 Å². The molecule has 4 heterocycles. The van der Waals surface area contributed by atoms with Crippen LogP contribution in [0.5, 0.6) is 0 Å². The molecule has 5 fully saturated rings. The molecule has 1 saturated carbocycles. The zero-order valence-corrected chi connectivity index (χ0v) is 33.5. The zero-order valence-electron chi connectivity index (χ0n) is 33.5. The fourth-order valence-corrected chi connectivity index (χ4v) is 10.8. The van der Waals surface area contributed by atoms with Crippen molar-refractivity contribution in [2.75, 3.05) is 20.6 Å². The molecule has 1 spiro atoms. The Balaban J connectivity index is 1.62. The number of ether oxygens (including phenoxy) is 5. The third-order valence-corrected chi connectivity index (χ3v) is 14.5. The van der Waals surface area contributed by atoms with Crippen molar-refractivity contribution in [2.45, 2.75) is 187 Å². The van der Waals surface area contributed by atoms with E-state index < -0.39 is 59.9 Å². The normalized spacial score (nSPS) is 52.2. The maximum Gasteiger partial charge on any atom is 0.311 e. The smallest absolute Gasteiger partial charge is 0.311 e. The number of nitrogens with zero attached hydrogens (tertiary/aromatic N) is 1. The average Bonchev–Trinajstić information content (AvgIpc) is 3.84. The number of fused-ring (bicyclic) bond motifs is 7. The van der Waals surface area contributed by atoms with Crippen LogP contribution in [0, 0.1) is 40.4 Å². The van der Waals surface area contributed by atoms with E-state index in [-0.39, 0.29) is 52.9 Å². The van der Waals surface area contributed by atoms with Gasteiger partial charge in [0.1, 0.15) is 11.7 Å². The predicted octanol–water partition coefficient (Wildman–Crippen LogP) is 5.51. The molecule has 0 aromatic rings. The van der Waals surface area contributed by atoms with E-state index in [0.717, 1.165) is 25.7 Å². The topological polar surface area (TPSA) is 119 Å².